The molecule has 55 heavy (non-hydrogen) atoms. The summed E-state index contributed by atoms with van der Waals surface area (Å²) in [4.78, 5) is 43.2. The number of alkyl halides is 6. The zero-order valence-electron chi connectivity index (χ0n) is 29.8. The number of anilines is 1. The first-order valence-electron chi connectivity index (χ1n) is 17.3. The quantitative estimate of drug-likeness (QED) is 0.101. The third kappa shape index (κ3) is 11.3. The number of halogens is 6. The first-order chi connectivity index (χ1) is 25.9. The molecule has 3 aromatic rings. The molecule has 294 valence electrons. The number of rotatable bonds is 13. The number of carboxylic acid groups (broad SMARTS) is 1. The van der Waals surface area contributed by atoms with E-state index in [2.05, 4.69) is 29.0 Å². The number of thiocarbonyl (C=S) groups is 1. The minimum absolute atomic E-state index is 0.0278. The number of carboxylic acids is 1. The molecule has 2 saturated heterocycles. The van der Waals surface area contributed by atoms with Crippen LogP contribution in [0.25, 0.3) is 17.2 Å². The van der Waals surface area contributed by atoms with Gasteiger partial charge in [0.25, 0.3) is 5.91 Å². The van der Waals surface area contributed by atoms with Crippen molar-refractivity contribution in [1.29, 1.82) is 0 Å². The monoisotopic (exact) mass is 808 g/mol. The Balaban J connectivity index is 1.37. The maximum Gasteiger partial charge on any atom is 0.416 e. The van der Waals surface area contributed by atoms with E-state index < -0.39 is 41.3 Å². The first-order valence-corrected chi connectivity index (χ1v) is 18.5. The molecule has 2 aliphatic heterocycles. The lowest BCUT2D eigenvalue weighted by Crippen LogP contribution is -2.48. The molecule has 0 spiro atoms. The SMILES string of the molecule is CC(C)CN1CCN(CCOc2ccc(-c3cc(C(F)(F)F)cc(C(F)(F)F)c3)cc2/C=C2\SC(=S)N(CCC(=O)Nc3ccc(C(=O)O)cc3)C2=O)CC1. The van der Waals surface area contributed by atoms with Crippen molar-refractivity contribution >= 4 is 57.8 Å². The minimum Gasteiger partial charge on any atom is -0.492 e. The highest BCUT2D eigenvalue weighted by atomic mass is 32.2. The molecular formula is C38H38F6N4O5S2. The lowest BCUT2D eigenvalue weighted by Gasteiger charge is -2.35. The van der Waals surface area contributed by atoms with Gasteiger partial charge >= 0.3 is 18.3 Å². The molecule has 5 rings (SSSR count). The number of thioether (sulfide) groups is 1. The summed E-state index contributed by atoms with van der Waals surface area (Å²) in [7, 11) is 0. The second kappa shape index (κ2) is 17.6. The number of benzene rings is 3. The Bertz CT molecular complexity index is 1910. The Kier molecular flexibility index (Phi) is 13.3. The van der Waals surface area contributed by atoms with Crippen molar-refractivity contribution < 1.29 is 50.6 Å². The largest absolute Gasteiger partial charge is 0.492 e. The zero-order chi connectivity index (χ0) is 40.1. The summed E-state index contributed by atoms with van der Waals surface area (Å²) in [5.41, 5.74) is -2.61. The highest BCUT2D eigenvalue weighted by Gasteiger charge is 2.37. The number of hydrogen-bond acceptors (Lipinski definition) is 8. The molecule has 0 atom stereocenters. The average molecular weight is 809 g/mol. The Morgan fingerprint density at radius 2 is 1.51 bits per heavy atom. The summed E-state index contributed by atoms with van der Waals surface area (Å²) in [5.74, 6) is -1.34. The molecule has 9 nitrogen and oxygen atoms in total. The van der Waals surface area contributed by atoms with Gasteiger partial charge in [-0.1, -0.05) is 43.9 Å². The molecule has 2 heterocycles. The number of nitrogens with zero attached hydrogens (tertiary/aromatic N) is 3. The van der Waals surface area contributed by atoms with Gasteiger partial charge in [-0.2, -0.15) is 26.3 Å². The molecule has 17 heteroatoms. The number of carbonyl (C=O) groups excluding carboxylic acids is 2. The van der Waals surface area contributed by atoms with Crippen LogP contribution in [0.3, 0.4) is 0 Å². The van der Waals surface area contributed by atoms with Gasteiger partial charge in [0, 0.05) is 63.5 Å². The molecule has 2 amide bonds. The van der Waals surface area contributed by atoms with Crippen LogP contribution in [0, 0.1) is 5.92 Å². The Labute approximate surface area is 323 Å². The van der Waals surface area contributed by atoms with Crippen molar-refractivity contribution in [2.75, 3.05) is 57.7 Å². The van der Waals surface area contributed by atoms with E-state index in [1.54, 1.807) is 0 Å². The number of nitrogens with one attached hydrogen (secondary N) is 1. The summed E-state index contributed by atoms with van der Waals surface area (Å²) in [5, 5.41) is 11.7. The van der Waals surface area contributed by atoms with Gasteiger partial charge in [-0.25, -0.2) is 4.79 Å². The van der Waals surface area contributed by atoms with E-state index in [1.807, 2.05) is 0 Å². The molecule has 0 aliphatic carbocycles. The van der Waals surface area contributed by atoms with E-state index in [0.29, 0.717) is 30.3 Å². The topological polar surface area (TPSA) is 102 Å². The van der Waals surface area contributed by atoms with Crippen LogP contribution in [0.4, 0.5) is 32.0 Å². The molecule has 3 aromatic carbocycles. The molecule has 0 aromatic heterocycles. The van der Waals surface area contributed by atoms with Gasteiger partial charge in [-0.3, -0.25) is 19.4 Å². The van der Waals surface area contributed by atoms with E-state index in [0.717, 1.165) is 44.5 Å². The van der Waals surface area contributed by atoms with Crippen LogP contribution in [-0.2, 0) is 21.9 Å². The summed E-state index contributed by atoms with van der Waals surface area (Å²) >= 11 is 6.35. The Morgan fingerprint density at radius 3 is 2.09 bits per heavy atom. The van der Waals surface area contributed by atoms with E-state index in [4.69, 9.17) is 22.1 Å². The van der Waals surface area contributed by atoms with Crippen LogP contribution in [0.1, 0.15) is 47.3 Å². The van der Waals surface area contributed by atoms with Crippen molar-refractivity contribution in [2.24, 2.45) is 5.92 Å². The van der Waals surface area contributed by atoms with E-state index >= 15 is 0 Å². The van der Waals surface area contributed by atoms with E-state index in [1.165, 1.54) is 53.4 Å². The number of piperazine rings is 1. The molecule has 0 unspecified atom stereocenters. The lowest BCUT2D eigenvalue weighted by molar-refractivity contribution is -0.143. The van der Waals surface area contributed by atoms with Crippen molar-refractivity contribution in [3.05, 3.63) is 87.8 Å². The summed E-state index contributed by atoms with van der Waals surface area (Å²) < 4.78 is 88.5. The van der Waals surface area contributed by atoms with Gasteiger partial charge in [0.15, 0.2) is 0 Å². The standard InChI is InChI=1S/C38H38F6N4O5S2/c1-23(2)22-47-13-11-46(12-14-47)15-16-53-31-8-5-25(26-18-28(37(39,40)41)21-29(19-26)38(42,43)44)17-27(31)20-32-34(50)48(36(54)55-32)10-9-33(49)45-30-6-3-24(4-7-30)35(51)52/h3-8,17-21,23H,9-16,22H2,1-2H3,(H,45,49)(H,51,52)/b32-20-. The van der Waals surface area contributed by atoms with Crippen LogP contribution in [0.5, 0.6) is 5.75 Å². The molecule has 0 radical (unpaired) electrons. The predicted octanol–water partition coefficient (Wildman–Crippen LogP) is 7.97. The molecule has 2 N–H and O–H groups in total. The van der Waals surface area contributed by atoms with E-state index in [9.17, 15) is 40.7 Å². The fraction of sp³-hybridized carbons (Fsp3) is 0.368. The third-order valence-corrected chi connectivity index (χ3v) is 10.2. The summed E-state index contributed by atoms with van der Waals surface area (Å²) in [6, 6.07) is 11.0. The highest BCUT2D eigenvalue weighted by molar-refractivity contribution is 8.26. The van der Waals surface area contributed by atoms with Crippen LogP contribution in [-0.4, -0.2) is 94.3 Å². The molecule has 2 fully saturated rings. The van der Waals surface area contributed by atoms with Gasteiger partial charge < -0.3 is 20.1 Å². The average Bonchev–Trinajstić information content (AvgIpc) is 3.38. The van der Waals surface area contributed by atoms with Gasteiger partial charge in [-0.05, 0) is 77.7 Å². The summed E-state index contributed by atoms with van der Waals surface area (Å²) in [6.45, 7) is 9.48. The minimum atomic E-state index is -5.04. The number of ether oxygens (including phenoxy) is 1. The van der Waals surface area contributed by atoms with Crippen LogP contribution < -0.4 is 10.1 Å². The van der Waals surface area contributed by atoms with Crippen molar-refractivity contribution in [3.63, 3.8) is 0 Å². The fourth-order valence-corrected chi connectivity index (χ4v) is 7.36. The summed E-state index contributed by atoms with van der Waals surface area (Å²) in [6.07, 6.45) is -8.83. The Morgan fingerprint density at radius 1 is 0.891 bits per heavy atom. The van der Waals surface area contributed by atoms with Gasteiger partial charge in [-0.15, -0.1) is 0 Å². The molecule has 0 saturated carbocycles. The van der Waals surface area contributed by atoms with Crippen molar-refractivity contribution in [1.82, 2.24) is 14.7 Å². The molecule has 0 bridgehead atoms. The van der Waals surface area contributed by atoms with Crippen LogP contribution >= 0.6 is 24.0 Å². The van der Waals surface area contributed by atoms with Crippen LogP contribution in [0.2, 0.25) is 0 Å². The van der Waals surface area contributed by atoms with Crippen LogP contribution in [0.15, 0.2) is 65.6 Å². The first kappa shape index (κ1) is 41.7. The van der Waals surface area contributed by atoms with Gasteiger partial charge in [0.05, 0.1) is 21.6 Å². The van der Waals surface area contributed by atoms with Gasteiger partial charge in [0.2, 0.25) is 5.91 Å². The van der Waals surface area contributed by atoms with Crippen molar-refractivity contribution in [2.45, 2.75) is 32.6 Å². The third-order valence-electron chi connectivity index (χ3n) is 8.82. The maximum absolute atomic E-state index is 13.7. The highest BCUT2D eigenvalue weighted by Crippen LogP contribution is 2.40. The number of aromatic carboxylic acids is 1. The second-order valence-corrected chi connectivity index (χ2v) is 15.1. The second-order valence-electron chi connectivity index (χ2n) is 13.4. The smallest absolute Gasteiger partial charge is 0.416 e. The molecule has 2 aliphatic rings. The number of carbonyl (C=O) groups is 3. The lowest BCUT2D eigenvalue weighted by atomic mass is 9.97. The Hall–Kier alpha value is -4.45. The maximum atomic E-state index is 13.7. The number of hydrogen-bond donors (Lipinski definition) is 2. The fourth-order valence-electron chi connectivity index (χ4n) is 6.06. The number of amides is 2. The molecular weight excluding hydrogens is 771 g/mol. The van der Waals surface area contributed by atoms with Gasteiger partial charge in [0.1, 0.15) is 16.7 Å². The zero-order valence-corrected chi connectivity index (χ0v) is 31.4. The van der Waals surface area contributed by atoms with E-state index in [-0.39, 0.29) is 62.9 Å². The predicted molar refractivity (Wildman–Crippen MR) is 202 cm³/mol. The van der Waals surface area contributed by atoms with Crippen molar-refractivity contribution in [3.8, 4) is 16.9 Å². The normalized spacial score (nSPS) is 16.7.